The molecule has 0 saturated heterocycles. The molecule has 1 atom stereocenters. The van der Waals surface area contributed by atoms with Gasteiger partial charge in [-0.05, 0) is 53.4 Å². The Morgan fingerprint density at radius 1 is 1.21 bits per heavy atom. The van der Waals surface area contributed by atoms with E-state index in [-0.39, 0.29) is 18.0 Å². The van der Waals surface area contributed by atoms with Gasteiger partial charge < -0.3 is 20.1 Å². The quantitative estimate of drug-likeness (QED) is 0.519. The summed E-state index contributed by atoms with van der Waals surface area (Å²) in [5, 5.41) is 11.3. The van der Waals surface area contributed by atoms with Gasteiger partial charge in [-0.15, -0.1) is 0 Å². The maximum Gasteiger partial charge on any atom is 0.255 e. The maximum absolute atomic E-state index is 12.4. The van der Waals surface area contributed by atoms with Crippen LogP contribution in [0.4, 0.5) is 0 Å². The average molecular weight is 403 g/mol. The van der Waals surface area contributed by atoms with Crippen LogP contribution in [0.25, 0.3) is 10.9 Å². The number of ether oxygens (including phenoxy) is 1. The van der Waals surface area contributed by atoms with E-state index in [0.29, 0.717) is 11.3 Å². The Morgan fingerprint density at radius 2 is 1.93 bits per heavy atom. The van der Waals surface area contributed by atoms with E-state index >= 15 is 0 Å². The van der Waals surface area contributed by atoms with Crippen LogP contribution in [0, 0.1) is 0 Å². The Balaban J connectivity index is 1.65. The minimum absolute atomic E-state index is 0.0182. The molecular formula is C19H21N3O5S. The number of rotatable bonds is 8. The first-order valence-electron chi connectivity index (χ1n) is 8.50. The van der Waals surface area contributed by atoms with Crippen molar-refractivity contribution in [1.82, 2.24) is 9.29 Å². The van der Waals surface area contributed by atoms with Crippen molar-refractivity contribution >= 4 is 26.8 Å². The molecule has 0 aliphatic rings. The number of primary amides is 1. The fraction of sp³-hybridized carbons (Fsp3) is 0.211. The van der Waals surface area contributed by atoms with Gasteiger partial charge in [0.1, 0.15) is 5.75 Å². The number of amides is 1. The van der Waals surface area contributed by atoms with Gasteiger partial charge in [0.2, 0.25) is 10.0 Å². The summed E-state index contributed by atoms with van der Waals surface area (Å²) in [6.45, 7) is -0.455. The molecule has 0 aliphatic heterocycles. The van der Waals surface area contributed by atoms with Crippen molar-refractivity contribution in [3.63, 3.8) is 0 Å². The van der Waals surface area contributed by atoms with Crippen LogP contribution in [0.15, 0.2) is 59.6 Å². The Kier molecular flexibility index (Phi) is 5.68. The van der Waals surface area contributed by atoms with Gasteiger partial charge >= 0.3 is 0 Å². The molecule has 0 fully saturated rings. The summed E-state index contributed by atoms with van der Waals surface area (Å²) in [5.41, 5.74) is 6.64. The van der Waals surface area contributed by atoms with E-state index in [1.807, 2.05) is 36.0 Å². The molecular weight excluding hydrogens is 382 g/mol. The predicted molar refractivity (Wildman–Crippen MR) is 104 cm³/mol. The van der Waals surface area contributed by atoms with Crippen LogP contribution in [0.5, 0.6) is 5.75 Å². The number of hydrogen-bond acceptors (Lipinski definition) is 5. The first-order chi connectivity index (χ1) is 13.3. The van der Waals surface area contributed by atoms with Crippen molar-refractivity contribution < 1.29 is 23.1 Å². The summed E-state index contributed by atoms with van der Waals surface area (Å²) in [7, 11) is -1.88. The zero-order valence-corrected chi connectivity index (χ0v) is 16.0. The second-order valence-electron chi connectivity index (χ2n) is 6.34. The van der Waals surface area contributed by atoms with Gasteiger partial charge in [0.15, 0.2) is 6.61 Å². The van der Waals surface area contributed by atoms with Crippen molar-refractivity contribution in [3.8, 4) is 5.75 Å². The smallest absolute Gasteiger partial charge is 0.255 e. The van der Waals surface area contributed by atoms with Crippen molar-refractivity contribution in [2.75, 3.05) is 13.2 Å². The van der Waals surface area contributed by atoms with Gasteiger partial charge in [-0.25, -0.2) is 13.1 Å². The molecule has 28 heavy (non-hydrogen) atoms. The molecule has 0 radical (unpaired) electrons. The van der Waals surface area contributed by atoms with Crippen LogP contribution in [0.1, 0.15) is 11.7 Å². The Hall–Kier alpha value is -2.88. The molecule has 1 aromatic heterocycles. The maximum atomic E-state index is 12.4. The summed E-state index contributed by atoms with van der Waals surface area (Å²) in [6, 6.07) is 13.0. The Morgan fingerprint density at radius 3 is 2.61 bits per heavy atom. The van der Waals surface area contributed by atoms with Gasteiger partial charge in [0, 0.05) is 25.3 Å². The minimum atomic E-state index is -3.81. The normalized spacial score (nSPS) is 12.8. The van der Waals surface area contributed by atoms with E-state index in [4.69, 9.17) is 10.5 Å². The number of nitrogens with one attached hydrogen (secondary N) is 1. The lowest BCUT2D eigenvalue weighted by atomic mass is 10.1. The second-order valence-corrected chi connectivity index (χ2v) is 8.11. The van der Waals surface area contributed by atoms with Gasteiger partial charge in [0.05, 0.1) is 11.0 Å². The number of aliphatic hydroxyl groups is 1. The van der Waals surface area contributed by atoms with E-state index in [2.05, 4.69) is 4.72 Å². The first kappa shape index (κ1) is 19.9. The largest absolute Gasteiger partial charge is 0.484 e. The summed E-state index contributed by atoms with van der Waals surface area (Å²) >= 11 is 0. The molecule has 1 unspecified atom stereocenters. The molecule has 0 bridgehead atoms. The molecule has 9 heteroatoms. The average Bonchev–Trinajstić information content (AvgIpc) is 3.05. The van der Waals surface area contributed by atoms with Crippen molar-refractivity contribution in [3.05, 3.63) is 60.3 Å². The first-order valence-corrected chi connectivity index (χ1v) is 9.98. The Labute approximate surface area is 162 Å². The number of sulfonamides is 1. The molecule has 1 amide bonds. The van der Waals surface area contributed by atoms with E-state index in [1.54, 1.807) is 6.07 Å². The minimum Gasteiger partial charge on any atom is -0.484 e. The van der Waals surface area contributed by atoms with Crippen molar-refractivity contribution in [2.24, 2.45) is 12.8 Å². The highest BCUT2D eigenvalue weighted by Crippen LogP contribution is 2.21. The number of benzene rings is 2. The Bertz CT molecular complexity index is 1090. The number of aliphatic hydroxyl groups excluding tert-OH is 1. The van der Waals surface area contributed by atoms with Crippen LogP contribution < -0.4 is 15.2 Å². The third kappa shape index (κ3) is 4.50. The number of hydrogen-bond donors (Lipinski definition) is 3. The zero-order valence-electron chi connectivity index (χ0n) is 15.2. The molecule has 2 aromatic carbocycles. The number of nitrogens with zero attached hydrogens (tertiary/aromatic N) is 1. The van der Waals surface area contributed by atoms with Gasteiger partial charge in [-0.2, -0.15) is 0 Å². The molecule has 8 nitrogen and oxygen atoms in total. The lowest BCUT2D eigenvalue weighted by Gasteiger charge is -2.13. The van der Waals surface area contributed by atoms with Crippen molar-refractivity contribution in [2.45, 2.75) is 11.0 Å². The van der Waals surface area contributed by atoms with E-state index in [9.17, 15) is 18.3 Å². The molecule has 1 heterocycles. The predicted octanol–water partition coefficient (Wildman–Crippen LogP) is 1.05. The van der Waals surface area contributed by atoms with Gasteiger partial charge in [0.25, 0.3) is 5.91 Å². The van der Waals surface area contributed by atoms with Crippen LogP contribution in [0.2, 0.25) is 0 Å². The monoisotopic (exact) mass is 403 g/mol. The number of aryl methyl sites for hydroxylation is 1. The van der Waals surface area contributed by atoms with Crippen LogP contribution in [-0.2, 0) is 21.9 Å². The number of aromatic nitrogens is 1. The summed E-state index contributed by atoms with van der Waals surface area (Å²) < 4.78 is 34.3. The number of nitrogens with two attached hydrogens (primary N) is 1. The third-order valence-corrected chi connectivity index (χ3v) is 5.72. The van der Waals surface area contributed by atoms with Crippen LogP contribution in [0.3, 0.4) is 0 Å². The fourth-order valence-electron chi connectivity index (χ4n) is 2.77. The molecule has 148 valence electrons. The molecule has 3 rings (SSSR count). The summed E-state index contributed by atoms with van der Waals surface area (Å²) in [4.78, 5) is 10.7. The fourth-order valence-corrected chi connectivity index (χ4v) is 3.81. The molecule has 3 aromatic rings. The molecule has 0 aliphatic carbocycles. The highest BCUT2D eigenvalue weighted by atomic mass is 32.2. The summed E-state index contributed by atoms with van der Waals surface area (Å²) in [6.07, 6.45) is 0.929. The van der Waals surface area contributed by atoms with E-state index < -0.39 is 22.0 Å². The lowest BCUT2D eigenvalue weighted by molar-refractivity contribution is -0.119. The highest BCUT2D eigenvalue weighted by molar-refractivity contribution is 7.89. The van der Waals surface area contributed by atoms with Crippen LogP contribution in [-0.4, -0.2) is 37.2 Å². The van der Waals surface area contributed by atoms with Gasteiger partial charge in [-0.1, -0.05) is 6.07 Å². The number of fused-ring (bicyclic) bond motifs is 1. The number of carbonyl (C=O) groups excluding carboxylic acids is 1. The molecule has 4 N–H and O–H groups in total. The van der Waals surface area contributed by atoms with E-state index in [0.717, 1.165) is 10.9 Å². The summed E-state index contributed by atoms with van der Waals surface area (Å²) in [5.74, 6) is -0.296. The topological polar surface area (TPSA) is 124 Å². The number of carbonyl (C=O) groups is 1. The second kappa shape index (κ2) is 8.01. The highest BCUT2D eigenvalue weighted by Gasteiger charge is 2.17. The van der Waals surface area contributed by atoms with Gasteiger partial charge in [-0.3, -0.25) is 4.79 Å². The lowest BCUT2D eigenvalue weighted by Crippen LogP contribution is -2.28. The molecule has 0 saturated carbocycles. The SMILES string of the molecule is Cn1ccc2cc(C(O)CNS(=O)(=O)c3ccc(OCC(N)=O)cc3)ccc21. The standard InChI is InChI=1S/C19H21N3O5S/c1-22-9-8-13-10-14(2-7-17(13)22)18(23)11-21-28(25,26)16-5-3-15(4-6-16)27-12-19(20)24/h2-10,18,21,23H,11-12H2,1H3,(H2,20,24). The van der Waals surface area contributed by atoms with Crippen molar-refractivity contribution in [1.29, 1.82) is 0 Å². The zero-order chi connectivity index (χ0) is 20.3. The molecule has 0 spiro atoms. The van der Waals surface area contributed by atoms with E-state index in [1.165, 1.54) is 24.3 Å². The third-order valence-electron chi connectivity index (χ3n) is 4.28. The van der Waals surface area contributed by atoms with Crippen LogP contribution >= 0.6 is 0 Å².